The van der Waals surface area contributed by atoms with E-state index in [-0.39, 0.29) is 17.0 Å². The van der Waals surface area contributed by atoms with Gasteiger partial charge in [-0.25, -0.2) is 4.90 Å². The SMILES string of the molecule is Cc1cc(C)c(N2C(=O)C[C@H](CP(=O)(c3cccc(C(F)(F)F)c3)c3cccc(C(F)(F)F)c3)C2=O)c(C)c1. The number of rotatable bonds is 5. The van der Waals surface area contributed by atoms with Gasteiger partial charge in [-0.3, -0.25) is 9.59 Å². The molecule has 1 atom stereocenters. The molecule has 3 aromatic carbocycles. The summed E-state index contributed by atoms with van der Waals surface area (Å²) in [6, 6.07) is 10.7. The molecule has 1 saturated heterocycles. The Kier molecular flexibility index (Phi) is 7.32. The summed E-state index contributed by atoms with van der Waals surface area (Å²) in [6.45, 7) is 5.29. The predicted molar refractivity (Wildman–Crippen MR) is 136 cm³/mol. The van der Waals surface area contributed by atoms with Gasteiger partial charge in [0.2, 0.25) is 11.8 Å². The number of nitrogens with zero attached hydrogens (tertiary/aromatic N) is 1. The molecule has 0 N–H and O–H groups in total. The number of aryl methyl sites for hydroxylation is 3. The smallest absolute Gasteiger partial charge is 0.314 e. The zero-order chi connectivity index (χ0) is 28.9. The predicted octanol–water partition coefficient (Wildman–Crippen LogP) is 6.54. The summed E-state index contributed by atoms with van der Waals surface area (Å²) in [5.74, 6) is -2.50. The van der Waals surface area contributed by atoms with Crippen molar-refractivity contribution in [2.75, 3.05) is 11.1 Å². The van der Waals surface area contributed by atoms with Crippen molar-refractivity contribution in [3.05, 3.63) is 88.5 Å². The average molecular weight is 567 g/mol. The first-order chi connectivity index (χ1) is 18.0. The number of amides is 2. The molecular formula is C28H24F6NO3P. The molecule has 206 valence electrons. The lowest BCUT2D eigenvalue weighted by molar-refractivity contribution is -0.138. The van der Waals surface area contributed by atoms with E-state index < -0.39 is 54.5 Å². The Balaban J connectivity index is 1.83. The van der Waals surface area contributed by atoms with Crippen molar-refractivity contribution in [3.8, 4) is 0 Å². The van der Waals surface area contributed by atoms with Crippen molar-refractivity contribution in [3.63, 3.8) is 0 Å². The van der Waals surface area contributed by atoms with Crippen LogP contribution in [0.1, 0.15) is 34.2 Å². The topological polar surface area (TPSA) is 54.5 Å². The van der Waals surface area contributed by atoms with Crippen LogP contribution >= 0.6 is 7.14 Å². The molecule has 39 heavy (non-hydrogen) atoms. The van der Waals surface area contributed by atoms with E-state index in [1.54, 1.807) is 26.0 Å². The van der Waals surface area contributed by atoms with Crippen molar-refractivity contribution >= 4 is 35.3 Å². The third kappa shape index (κ3) is 5.53. The van der Waals surface area contributed by atoms with Gasteiger partial charge in [-0.15, -0.1) is 0 Å². The van der Waals surface area contributed by atoms with Gasteiger partial charge in [-0.2, -0.15) is 26.3 Å². The van der Waals surface area contributed by atoms with Crippen LogP contribution in [-0.4, -0.2) is 18.0 Å². The van der Waals surface area contributed by atoms with Gasteiger partial charge in [-0.05, 0) is 56.2 Å². The first kappa shape index (κ1) is 28.6. The lowest BCUT2D eigenvalue weighted by atomic mass is 10.0. The number of halogens is 6. The number of anilines is 1. The highest BCUT2D eigenvalue weighted by molar-refractivity contribution is 7.78. The Bertz CT molecular complexity index is 1430. The van der Waals surface area contributed by atoms with Gasteiger partial charge in [0.1, 0.15) is 7.14 Å². The van der Waals surface area contributed by atoms with Crippen molar-refractivity contribution in [2.45, 2.75) is 39.5 Å². The second-order valence-electron chi connectivity index (χ2n) is 9.73. The van der Waals surface area contributed by atoms with E-state index in [0.717, 1.165) is 46.9 Å². The maximum absolute atomic E-state index is 14.6. The molecule has 11 heteroatoms. The number of hydrogen-bond donors (Lipinski definition) is 0. The van der Waals surface area contributed by atoms with Crippen molar-refractivity contribution in [1.29, 1.82) is 0 Å². The molecule has 0 bridgehead atoms. The molecule has 4 nitrogen and oxygen atoms in total. The Hall–Kier alpha value is -3.39. The van der Waals surface area contributed by atoms with Crippen LogP contribution in [-0.2, 0) is 26.5 Å². The molecule has 4 rings (SSSR count). The highest BCUT2D eigenvalue weighted by Gasteiger charge is 2.45. The van der Waals surface area contributed by atoms with Crippen LogP contribution in [0.4, 0.5) is 32.0 Å². The van der Waals surface area contributed by atoms with Crippen LogP contribution < -0.4 is 15.5 Å². The quantitative estimate of drug-likeness (QED) is 0.200. The molecule has 0 unspecified atom stereocenters. The second-order valence-corrected chi connectivity index (χ2v) is 12.6. The number of alkyl halides is 6. The fraction of sp³-hybridized carbons (Fsp3) is 0.286. The summed E-state index contributed by atoms with van der Waals surface area (Å²) in [4.78, 5) is 27.5. The van der Waals surface area contributed by atoms with Crippen LogP contribution in [0, 0.1) is 26.7 Å². The second kappa shape index (κ2) is 9.97. The van der Waals surface area contributed by atoms with E-state index in [1.807, 2.05) is 6.92 Å². The zero-order valence-corrected chi connectivity index (χ0v) is 22.0. The monoisotopic (exact) mass is 567 g/mol. The van der Waals surface area contributed by atoms with E-state index in [9.17, 15) is 40.5 Å². The number of hydrogen-bond acceptors (Lipinski definition) is 3. The first-order valence-corrected chi connectivity index (χ1v) is 13.8. The number of imide groups is 1. The fourth-order valence-corrected chi connectivity index (χ4v) is 8.06. The van der Waals surface area contributed by atoms with Crippen LogP contribution in [0.2, 0.25) is 0 Å². The third-order valence-corrected chi connectivity index (χ3v) is 9.94. The molecule has 1 aliphatic rings. The largest absolute Gasteiger partial charge is 0.416 e. The van der Waals surface area contributed by atoms with Crippen molar-refractivity contribution in [1.82, 2.24) is 0 Å². The molecular weight excluding hydrogens is 543 g/mol. The van der Waals surface area contributed by atoms with Gasteiger partial charge in [0.15, 0.2) is 0 Å². The normalized spacial score (nSPS) is 16.7. The fourth-order valence-electron chi connectivity index (χ4n) is 5.08. The van der Waals surface area contributed by atoms with E-state index in [1.165, 1.54) is 0 Å². The lowest BCUT2D eigenvalue weighted by Crippen LogP contribution is -2.33. The summed E-state index contributed by atoms with van der Waals surface area (Å²) in [6.07, 6.45) is -10.6. The minimum atomic E-state index is -4.80. The molecule has 1 heterocycles. The van der Waals surface area contributed by atoms with Gasteiger partial charge in [0.05, 0.1) is 22.7 Å². The van der Waals surface area contributed by atoms with Gasteiger partial charge in [0.25, 0.3) is 0 Å². The molecule has 0 aromatic heterocycles. The lowest BCUT2D eigenvalue weighted by Gasteiger charge is -2.24. The summed E-state index contributed by atoms with van der Waals surface area (Å²) in [7, 11) is -4.28. The number of carbonyl (C=O) groups is 2. The molecule has 0 radical (unpaired) electrons. The molecule has 1 aliphatic heterocycles. The molecule has 1 fully saturated rings. The van der Waals surface area contributed by atoms with Crippen LogP contribution in [0.15, 0.2) is 60.7 Å². The Labute approximate surface area is 221 Å². The maximum Gasteiger partial charge on any atom is 0.416 e. The Morgan fingerprint density at radius 1 is 0.795 bits per heavy atom. The zero-order valence-electron chi connectivity index (χ0n) is 21.2. The highest BCUT2D eigenvalue weighted by atomic mass is 31.2. The van der Waals surface area contributed by atoms with Crippen molar-refractivity contribution < 1.29 is 40.5 Å². The van der Waals surface area contributed by atoms with Crippen LogP contribution in [0.5, 0.6) is 0 Å². The third-order valence-electron chi connectivity index (χ3n) is 6.76. The van der Waals surface area contributed by atoms with E-state index in [0.29, 0.717) is 28.9 Å². The molecule has 3 aromatic rings. The molecule has 2 amide bonds. The Morgan fingerprint density at radius 3 is 1.69 bits per heavy atom. The summed E-state index contributed by atoms with van der Waals surface area (Å²) in [5.41, 5.74) is 0.304. The number of carbonyl (C=O) groups excluding carboxylic acids is 2. The standard InChI is InChI=1S/C28H24F6NO3P/c1-16-10-17(2)25(18(3)11-16)35-24(36)12-19(26(35)37)15-39(38,22-8-4-6-20(13-22)27(29,30)31)23-9-5-7-21(14-23)28(32,33)34/h4-11,13-14,19H,12,15H2,1-3H3/t19-/m1/s1. The summed E-state index contributed by atoms with van der Waals surface area (Å²) in [5, 5.41) is -0.698. The number of benzene rings is 3. The maximum atomic E-state index is 14.6. The highest BCUT2D eigenvalue weighted by Crippen LogP contribution is 2.49. The average Bonchev–Trinajstić information content (AvgIpc) is 3.10. The van der Waals surface area contributed by atoms with E-state index in [2.05, 4.69) is 0 Å². The molecule has 0 aliphatic carbocycles. The van der Waals surface area contributed by atoms with E-state index in [4.69, 9.17) is 0 Å². The van der Waals surface area contributed by atoms with Crippen LogP contribution in [0.25, 0.3) is 0 Å². The van der Waals surface area contributed by atoms with Gasteiger partial charge in [-0.1, -0.05) is 42.0 Å². The first-order valence-electron chi connectivity index (χ1n) is 11.9. The summed E-state index contributed by atoms with van der Waals surface area (Å²) < 4.78 is 95.6. The molecule has 0 spiro atoms. The van der Waals surface area contributed by atoms with Gasteiger partial charge >= 0.3 is 12.4 Å². The molecule has 0 saturated carbocycles. The van der Waals surface area contributed by atoms with Crippen molar-refractivity contribution in [2.24, 2.45) is 5.92 Å². The minimum absolute atomic E-state index is 0.349. The minimum Gasteiger partial charge on any atom is -0.314 e. The van der Waals surface area contributed by atoms with E-state index >= 15 is 0 Å². The van der Waals surface area contributed by atoms with Crippen LogP contribution in [0.3, 0.4) is 0 Å². The van der Waals surface area contributed by atoms with Gasteiger partial charge < -0.3 is 4.57 Å². The Morgan fingerprint density at radius 2 is 1.26 bits per heavy atom. The van der Waals surface area contributed by atoms with Gasteiger partial charge in [0, 0.05) is 23.2 Å². The summed E-state index contributed by atoms with van der Waals surface area (Å²) >= 11 is 0.